The minimum absolute atomic E-state index is 0.0739. The van der Waals surface area contributed by atoms with E-state index >= 15 is 0 Å². The van der Waals surface area contributed by atoms with E-state index in [1.165, 1.54) is 24.8 Å². The molecule has 154 valence electrons. The van der Waals surface area contributed by atoms with Gasteiger partial charge in [0.15, 0.2) is 0 Å². The van der Waals surface area contributed by atoms with Gasteiger partial charge in [-0.05, 0) is 73.6 Å². The number of nitrogens with one attached hydrogen (secondary N) is 2. The number of carbonyl (C=O) groups is 1. The number of anilines is 1. The van der Waals surface area contributed by atoms with Crippen molar-refractivity contribution >= 4 is 22.9 Å². The van der Waals surface area contributed by atoms with Crippen LogP contribution >= 0.6 is 0 Å². The number of nitriles is 1. The van der Waals surface area contributed by atoms with Gasteiger partial charge in [0.1, 0.15) is 11.8 Å². The highest BCUT2D eigenvalue weighted by Gasteiger charge is 2.39. The zero-order valence-corrected chi connectivity index (χ0v) is 17.7. The number of nitrogens with zero attached hydrogens (tertiary/aromatic N) is 1. The number of amides is 2. The molecule has 0 heterocycles. The van der Waals surface area contributed by atoms with Crippen molar-refractivity contribution in [2.75, 3.05) is 12.4 Å². The van der Waals surface area contributed by atoms with Gasteiger partial charge >= 0.3 is 6.03 Å². The van der Waals surface area contributed by atoms with Crippen molar-refractivity contribution in [3.8, 4) is 11.8 Å². The molecule has 2 aromatic rings. The van der Waals surface area contributed by atoms with E-state index in [9.17, 15) is 10.1 Å². The summed E-state index contributed by atoms with van der Waals surface area (Å²) in [4.78, 5) is 12.0. The minimum atomic E-state index is -0.220. The van der Waals surface area contributed by atoms with Gasteiger partial charge in [0.05, 0.1) is 12.7 Å². The first-order valence-electron chi connectivity index (χ1n) is 10.5. The fourth-order valence-corrected chi connectivity index (χ4v) is 4.48. The Morgan fingerprint density at radius 1 is 1.17 bits per heavy atom. The molecule has 1 saturated carbocycles. The molecule has 2 aliphatic rings. The maximum absolute atomic E-state index is 12.0. The zero-order valence-electron chi connectivity index (χ0n) is 17.7. The topological polar surface area (TPSA) is 74.1 Å². The van der Waals surface area contributed by atoms with Crippen LogP contribution in [0.5, 0.6) is 5.75 Å². The average Bonchev–Trinajstić information content (AvgIpc) is 2.99. The molecule has 2 aromatic carbocycles. The summed E-state index contributed by atoms with van der Waals surface area (Å²) in [6.07, 6.45) is 3.62. The maximum Gasteiger partial charge on any atom is 0.319 e. The summed E-state index contributed by atoms with van der Waals surface area (Å²) >= 11 is 0. The molecule has 1 fully saturated rings. The van der Waals surface area contributed by atoms with Crippen LogP contribution in [0.25, 0.3) is 11.1 Å². The number of benzene rings is 2. The fraction of sp³-hybridized carbons (Fsp3) is 0.360. The lowest BCUT2D eigenvalue weighted by Gasteiger charge is -2.34. The van der Waals surface area contributed by atoms with Crippen LogP contribution in [0, 0.1) is 17.2 Å². The van der Waals surface area contributed by atoms with Crippen LogP contribution in [0.15, 0.2) is 42.5 Å². The Labute approximate surface area is 177 Å². The number of hydrogen-bond acceptors (Lipinski definition) is 3. The highest BCUT2D eigenvalue weighted by atomic mass is 16.5. The van der Waals surface area contributed by atoms with Crippen LogP contribution in [-0.2, 0) is 0 Å². The van der Waals surface area contributed by atoms with Gasteiger partial charge in [-0.2, -0.15) is 5.26 Å². The Balaban J connectivity index is 1.70. The Hall–Kier alpha value is -3.26. The molecular weight excluding hydrogens is 374 g/mol. The van der Waals surface area contributed by atoms with Crippen molar-refractivity contribution in [3.63, 3.8) is 0 Å². The largest absolute Gasteiger partial charge is 0.497 e. The Bertz CT molecular complexity index is 1030. The van der Waals surface area contributed by atoms with E-state index in [0.717, 1.165) is 33.7 Å². The number of fused-ring (bicyclic) bond motifs is 1. The summed E-state index contributed by atoms with van der Waals surface area (Å²) in [6.45, 7) is 3.85. The van der Waals surface area contributed by atoms with Gasteiger partial charge in [0.2, 0.25) is 0 Å². The third-order valence-electron chi connectivity index (χ3n) is 6.05. The van der Waals surface area contributed by atoms with Crippen molar-refractivity contribution in [2.45, 2.75) is 45.1 Å². The molecule has 1 atom stereocenters. The second-order valence-electron chi connectivity index (χ2n) is 8.35. The predicted octanol–water partition coefficient (Wildman–Crippen LogP) is 5.56. The van der Waals surface area contributed by atoms with Crippen molar-refractivity contribution in [1.29, 1.82) is 5.26 Å². The van der Waals surface area contributed by atoms with Gasteiger partial charge in [0.25, 0.3) is 0 Å². The minimum Gasteiger partial charge on any atom is -0.497 e. The van der Waals surface area contributed by atoms with Gasteiger partial charge in [-0.15, -0.1) is 0 Å². The van der Waals surface area contributed by atoms with E-state index in [0.29, 0.717) is 5.92 Å². The first-order chi connectivity index (χ1) is 14.5. The van der Waals surface area contributed by atoms with Gasteiger partial charge < -0.3 is 15.4 Å². The average molecular weight is 402 g/mol. The number of rotatable bonds is 5. The van der Waals surface area contributed by atoms with Crippen LogP contribution in [0.2, 0.25) is 0 Å². The van der Waals surface area contributed by atoms with Gasteiger partial charge in [-0.1, -0.05) is 24.6 Å². The Kier molecular flexibility index (Phi) is 5.50. The third kappa shape index (κ3) is 3.66. The van der Waals surface area contributed by atoms with Crippen LogP contribution < -0.4 is 15.4 Å². The van der Waals surface area contributed by atoms with Crippen LogP contribution in [0.1, 0.15) is 55.7 Å². The lowest BCUT2D eigenvalue weighted by molar-refractivity contribution is 0.250. The monoisotopic (exact) mass is 401 g/mol. The first-order valence-corrected chi connectivity index (χ1v) is 10.5. The lowest BCUT2D eigenvalue weighted by Crippen LogP contribution is -2.34. The van der Waals surface area contributed by atoms with E-state index in [4.69, 9.17) is 4.74 Å². The molecule has 0 aromatic heterocycles. The zero-order chi connectivity index (χ0) is 21.3. The molecule has 2 N–H and O–H groups in total. The van der Waals surface area contributed by atoms with Gasteiger partial charge in [0, 0.05) is 23.2 Å². The predicted molar refractivity (Wildman–Crippen MR) is 119 cm³/mol. The number of hydrogen-bond donors (Lipinski definition) is 2. The van der Waals surface area contributed by atoms with Crippen LogP contribution in [-0.4, -0.2) is 19.2 Å². The summed E-state index contributed by atoms with van der Waals surface area (Å²) < 4.78 is 5.41. The number of allylic oxidation sites excluding steroid dienone is 2. The maximum atomic E-state index is 12.0. The lowest BCUT2D eigenvalue weighted by atomic mass is 9.70. The molecule has 5 nitrogen and oxygen atoms in total. The third-order valence-corrected chi connectivity index (χ3v) is 6.05. The Morgan fingerprint density at radius 2 is 1.90 bits per heavy atom. The SMILES string of the molecule is COc1ccc2c(c1)C(C#N)=C(c1ccc(NC(=O)NC(C)C)cc1)C2C1CCC1. The normalized spacial score (nSPS) is 17.9. The van der Waals surface area contributed by atoms with E-state index in [2.05, 4.69) is 22.8 Å². The molecule has 2 aliphatic carbocycles. The summed E-state index contributed by atoms with van der Waals surface area (Å²) in [5, 5.41) is 15.7. The van der Waals surface area contributed by atoms with E-state index < -0.39 is 0 Å². The molecule has 30 heavy (non-hydrogen) atoms. The van der Waals surface area contributed by atoms with Gasteiger partial charge in [-0.25, -0.2) is 4.79 Å². The van der Waals surface area contributed by atoms with Crippen molar-refractivity contribution in [2.24, 2.45) is 5.92 Å². The molecule has 1 unspecified atom stereocenters. The van der Waals surface area contributed by atoms with Crippen LogP contribution in [0.4, 0.5) is 10.5 Å². The highest BCUT2D eigenvalue weighted by Crippen LogP contribution is 2.55. The number of carbonyl (C=O) groups excluding carboxylic acids is 1. The first kappa shape index (κ1) is 20.0. The summed E-state index contributed by atoms with van der Waals surface area (Å²) in [5.74, 6) is 1.57. The molecule has 2 amide bonds. The van der Waals surface area contributed by atoms with E-state index in [-0.39, 0.29) is 18.0 Å². The molecule has 5 heteroatoms. The van der Waals surface area contributed by atoms with E-state index in [1.54, 1.807) is 7.11 Å². The number of ether oxygens (including phenoxy) is 1. The number of urea groups is 1. The number of methoxy groups -OCH3 is 1. The standard InChI is InChI=1S/C25H27N3O2/c1-15(2)27-25(29)28-18-9-7-17(8-10-18)24-22(14-26)21-13-19(30-3)11-12-20(21)23(24)16-5-4-6-16/h7-13,15-16,23H,4-6H2,1-3H3,(H2,27,28,29). The molecule has 0 spiro atoms. The molecule has 0 radical (unpaired) electrons. The van der Waals surface area contributed by atoms with Crippen molar-refractivity contribution < 1.29 is 9.53 Å². The molecule has 0 bridgehead atoms. The van der Waals surface area contributed by atoms with Gasteiger partial charge in [-0.3, -0.25) is 0 Å². The second kappa shape index (κ2) is 8.23. The van der Waals surface area contributed by atoms with Crippen molar-refractivity contribution in [1.82, 2.24) is 5.32 Å². The quantitative estimate of drug-likeness (QED) is 0.689. The van der Waals surface area contributed by atoms with Crippen LogP contribution in [0.3, 0.4) is 0 Å². The molecule has 4 rings (SSSR count). The van der Waals surface area contributed by atoms with Crippen molar-refractivity contribution in [3.05, 3.63) is 59.2 Å². The van der Waals surface area contributed by atoms with E-state index in [1.807, 2.05) is 50.2 Å². The summed E-state index contributed by atoms with van der Waals surface area (Å²) in [6, 6.07) is 16.2. The molecule has 0 aliphatic heterocycles. The highest BCUT2D eigenvalue weighted by molar-refractivity contribution is 6.05. The summed E-state index contributed by atoms with van der Waals surface area (Å²) in [7, 11) is 1.65. The molecular formula is C25H27N3O2. The molecule has 0 saturated heterocycles. The second-order valence-corrected chi connectivity index (χ2v) is 8.35. The smallest absolute Gasteiger partial charge is 0.319 e. The Morgan fingerprint density at radius 3 is 2.47 bits per heavy atom. The fourth-order valence-electron chi connectivity index (χ4n) is 4.48. The summed E-state index contributed by atoms with van der Waals surface area (Å²) in [5.41, 5.74) is 5.82.